The van der Waals surface area contributed by atoms with Crippen molar-refractivity contribution in [3.63, 3.8) is 0 Å². The lowest BCUT2D eigenvalue weighted by Crippen LogP contribution is -2.96. The average molecular weight is 392 g/mol. The van der Waals surface area contributed by atoms with Gasteiger partial charge in [0.15, 0.2) is 18.3 Å². The van der Waals surface area contributed by atoms with Crippen molar-refractivity contribution in [2.45, 2.75) is 59.9 Å². The molecule has 4 bridgehead atoms. The van der Waals surface area contributed by atoms with Gasteiger partial charge in [-0.2, -0.15) is 0 Å². The predicted octanol–water partition coefficient (Wildman–Crippen LogP) is -6.74. The van der Waals surface area contributed by atoms with Gasteiger partial charge in [-0.1, -0.05) is 0 Å². The van der Waals surface area contributed by atoms with Crippen LogP contribution in [0.25, 0.3) is 0 Å². The SMILES string of the molecule is NC1=NC(O)C2C3OC4(O)OC(C(O)C2(N1)C4O)C3(O)C(O)C(N)C(=O)O. The van der Waals surface area contributed by atoms with E-state index in [1.54, 1.807) is 0 Å². The summed E-state index contributed by atoms with van der Waals surface area (Å²) < 4.78 is 10.3. The van der Waals surface area contributed by atoms with Crippen LogP contribution in [0.5, 0.6) is 0 Å². The Kier molecular flexibility index (Phi) is 3.64. The quantitative estimate of drug-likeness (QED) is 0.214. The van der Waals surface area contributed by atoms with Gasteiger partial charge in [0.1, 0.15) is 41.6 Å². The van der Waals surface area contributed by atoms with Gasteiger partial charge in [0.05, 0.1) is 5.92 Å². The standard InChI is InChI=1S/C13H20N4O10/c14-2(8(21)22)3(18)12(24)5-1-7(20)16-10(15)17-11(1)4(19)6(12)27-13(25,26-5)9(11)23/h1-7,9,18-20,23-25H,14H2,(H,21,22)(H3,15,16,17). The Hall–Kier alpha value is -1.62. The number of rotatable bonds is 3. The van der Waals surface area contributed by atoms with E-state index < -0.39 is 71.8 Å². The second-order valence-corrected chi connectivity index (χ2v) is 7.26. The largest absolute Gasteiger partial charge is 0.480 e. The number of nitrogens with zero attached hydrogens (tertiary/aromatic N) is 1. The second kappa shape index (κ2) is 5.25. The number of guanidine groups is 1. The normalized spacial score (nSPS) is 55.3. The van der Waals surface area contributed by atoms with Crippen LogP contribution < -0.4 is 16.8 Å². The Balaban J connectivity index is 1.89. The van der Waals surface area contributed by atoms with Crippen molar-refractivity contribution in [2.75, 3.05) is 0 Å². The van der Waals surface area contributed by atoms with Crippen LogP contribution >= 0.6 is 0 Å². The minimum absolute atomic E-state index is 0.367. The summed E-state index contributed by atoms with van der Waals surface area (Å²) >= 11 is 0. The van der Waals surface area contributed by atoms with Crippen LogP contribution in [0.15, 0.2) is 4.99 Å². The molecule has 11 atom stereocenters. The van der Waals surface area contributed by atoms with Gasteiger partial charge in [-0.05, 0) is 0 Å². The third kappa shape index (κ3) is 1.94. The van der Waals surface area contributed by atoms with E-state index in [4.69, 9.17) is 26.0 Å². The monoisotopic (exact) mass is 392 g/mol. The van der Waals surface area contributed by atoms with Gasteiger partial charge in [0.25, 0.3) is 0 Å². The number of hydrogen-bond acceptors (Lipinski definition) is 13. The number of carboxylic acid groups (broad SMARTS) is 1. The minimum Gasteiger partial charge on any atom is -0.480 e. The van der Waals surface area contributed by atoms with Crippen molar-refractivity contribution in [1.29, 1.82) is 0 Å². The van der Waals surface area contributed by atoms with Crippen molar-refractivity contribution in [1.82, 2.24) is 5.32 Å². The average Bonchev–Trinajstić information content (AvgIpc) is 2.58. The summed E-state index contributed by atoms with van der Waals surface area (Å²) in [4.78, 5) is 14.8. The maximum atomic E-state index is 11.2. The van der Waals surface area contributed by atoms with Gasteiger partial charge in [0, 0.05) is 0 Å². The van der Waals surface area contributed by atoms with E-state index in [2.05, 4.69) is 10.3 Å². The number of aliphatic hydroxyl groups excluding tert-OH is 4. The molecule has 27 heavy (non-hydrogen) atoms. The van der Waals surface area contributed by atoms with Crippen molar-refractivity contribution in [3.8, 4) is 0 Å². The molecule has 1 aliphatic carbocycles. The fraction of sp³-hybridized carbons (Fsp3) is 0.846. The first kappa shape index (κ1) is 18.7. The van der Waals surface area contributed by atoms with Gasteiger partial charge in [-0.3, -0.25) is 4.79 Å². The highest BCUT2D eigenvalue weighted by molar-refractivity contribution is 5.80. The van der Waals surface area contributed by atoms with Crippen LogP contribution in [0.4, 0.5) is 0 Å². The molecule has 14 heteroatoms. The van der Waals surface area contributed by atoms with Crippen LogP contribution in [0.2, 0.25) is 0 Å². The highest BCUT2D eigenvalue weighted by Crippen LogP contribution is 2.59. The zero-order valence-electron chi connectivity index (χ0n) is 13.6. The molecule has 0 radical (unpaired) electrons. The summed E-state index contributed by atoms with van der Waals surface area (Å²) in [6.45, 7) is 0. The topological polar surface area (TPSA) is 254 Å². The third-order valence-electron chi connectivity index (χ3n) is 5.99. The van der Waals surface area contributed by atoms with E-state index in [9.17, 15) is 35.4 Å². The number of nitrogens with one attached hydrogen (secondary N) is 1. The molecule has 4 aliphatic heterocycles. The first-order valence-corrected chi connectivity index (χ1v) is 8.03. The summed E-state index contributed by atoms with van der Waals surface area (Å²) in [5.41, 5.74) is 6.36. The molecule has 11 unspecified atom stereocenters. The lowest BCUT2D eigenvalue weighted by Gasteiger charge is -2.72. The van der Waals surface area contributed by atoms with E-state index in [1.165, 1.54) is 0 Å². The first-order chi connectivity index (χ1) is 12.4. The number of carbonyl (C=O) groups is 1. The summed E-state index contributed by atoms with van der Waals surface area (Å²) in [7, 11) is 0. The summed E-state index contributed by atoms with van der Waals surface area (Å²) in [6.07, 6.45) is -11.5. The number of aliphatic carboxylic acids is 1. The molecule has 5 rings (SSSR count). The molecule has 5 aliphatic rings. The van der Waals surface area contributed by atoms with Gasteiger partial charge >= 0.3 is 11.9 Å². The molecule has 14 nitrogen and oxygen atoms in total. The number of carboxylic acids is 1. The van der Waals surface area contributed by atoms with Crippen LogP contribution in [0, 0.1) is 5.92 Å². The third-order valence-corrected chi connectivity index (χ3v) is 5.99. The second-order valence-electron chi connectivity index (χ2n) is 7.26. The Morgan fingerprint density at radius 3 is 2.41 bits per heavy atom. The molecule has 3 saturated heterocycles. The summed E-state index contributed by atoms with van der Waals surface area (Å²) in [5.74, 6) is -6.24. The van der Waals surface area contributed by atoms with E-state index in [1.807, 2.05) is 0 Å². The molecule has 0 amide bonds. The molecule has 0 aromatic carbocycles. The van der Waals surface area contributed by atoms with Gasteiger partial charge in [0.2, 0.25) is 0 Å². The maximum Gasteiger partial charge on any atom is 0.323 e. The number of aliphatic hydroxyl groups is 6. The summed E-state index contributed by atoms with van der Waals surface area (Å²) in [6, 6.07) is -2.02. The van der Waals surface area contributed by atoms with Crippen molar-refractivity contribution < 1.29 is 50.0 Å². The molecular weight excluding hydrogens is 372 g/mol. The van der Waals surface area contributed by atoms with Gasteiger partial charge in [-0.25, -0.2) is 4.99 Å². The molecule has 4 fully saturated rings. The van der Waals surface area contributed by atoms with Crippen LogP contribution in [-0.2, 0) is 14.3 Å². The summed E-state index contributed by atoms with van der Waals surface area (Å²) in [5, 5.41) is 75.5. The van der Waals surface area contributed by atoms with E-state index in [0.717, 1.165) is 0 Å². The molecule has 152 valence electrons. The number of aliphatic imine (C=N–C) groups is 1. The Labute approximate surface area is 150 Å². The lowest BCUT2D eigenvalue weighted by molar-refractivity contribution is -0.552. The smallest absolute Gasteiger partial charge is 0.323 e. The fourth-order valence-corrected chi connectivity index (χ4v) is 4.76. The van der Waals surface area contributed by atoms with Gasteiger partial charge < -0.3 is 62.0 Å². The molecule has 1 spiro atoms. The predicted molar refractivity (Wildman–Crippen MR) is 80.3 cm³/mol. The van der Waals surface area contributed by atoms with Crippen molar-refractivity contribution >= 4 is 11.9 Å². The van der Waals surface area contributed by atoms with Crippen LogP contribution in [0.1, 0.15) is 0 Å². The minimum atomic E-state index is -2.74. The number of hydrogen-bond donors (Lipinski definition) is 10. The molecule has 12 N–H and O–H groups in total. The molecular formula is C13H20N4O10. The Morgan fingerprint density at radius 2 is 1.81 bits per heavy atom. The van der Waals surface area contributed by atoms with Crippen LogP contribution in [-0.4, -0.2) is 108 Å². The molecule has 0 aromatic rings. The lowest BCUT2D eigenvalue weighted by atomic mass is 9.53. The highest BCUT2D eigenvalue weighted by atomic mass is 16.9. The highest BCUT2D eigenvalue weighted by Gasteiger charge is 2.84. The van der Waals surface area contributed by atoms with Crippen molar-refractivity contribution in [3.05, 3.63) is 0 Å². The Morgan fingerprint density at radius 1 is 1.22 bits per heavy atom. The number of ether oxygens (including phenoxy) is 2. The fourth-order valence-electron chi connectivity index (χ4n) is 4.76. The van der Waals surface area contributed by atoms with Gasteiger partial charge in [-0.15, -0.1) is 0 Å². The zero-order valence-corrected chi connectivity index (χ0v) is 13.6. The van der Waals surface area contributed by atoms with E-state index in [0.29, 0.717) is 0 Å². The Bertz CT molecular complexity index is 723. The molecule has 0 aromatic heterocycles. The molecule has 4 heterocycles. The van der Waals surface area contributed by atoms with Crippen LogP contribution in [0.3, 0.4) is 0 Å². The van der Waals surface area contributed by atoms with E-state index in [-0.39, 0.29) is 5.96 Å². The maximum absolute atomic E-state index is 11.2. The first-order valence-electron chi connectivity index (χ1n) is 8.03. The van der Waals surface area contributed by atoms with E-state index >= 15 is 0 Å². The number of nitrogens with two attached hydrogens (primary N) is 2. The van der Waals surface area contributed by atoms with Crippen molar-refractivity contribution in [2.24, 2.45) is 22.4 Å². The zero-order chi connectivity index (χ0) is 20.1. The molecule has 1 saturated carbocycles.